The Morgan fingerprint density at radius 3 is 2.84 bits per heavy atom. The number of benzene rings is 1. The number of nitrogens with one attached hydrogen (secondary N) is 2. The summed E-state index contributed by atoms with van der Waals surface area (Å²) in [5, 5.41) is 5.31. The average molecular weight is 272 g/mol. The van der Waals surface area contributed by atoms with Crippen LogP contribution in [0.3, 0.4) is 0 Å². The van der Waals surface area contributed by atoms with E-state index in [-0.39, 0.29) is 11.6 Å². The molecule has 0 heterocycles. The summed E-state index contributed by atoms with van der Waals surface area (Å²) in [6.45, 7) is 2.61. The molecule has 1 atom stereocenters. The third-order valence-corrected chi connectivity index (χ3v) is 2.52. The predicted octanol–water partition coefficient (Wildman–Crippen LogP) is 1.92. The highest BCUT2D eigenvalue weighted by molar-refractivity contribution is 5.84. The van der Waals surface area contributed by atoms with Crippen LogP contribution in [0.25, 0.3) is 0 Å². The number of carbonyl (C=O) groups excluding carboxylic acids is 1. The van der Waals surface area contributed by atoms with E-state index in [2.05, 4.69) is 10.6 Å². The van der Waals surface area contributed by atoms with Crippen LogP contribution in [0.1, 0.15) is 13.3 Å². The first-order valence-electron chi connectivity index (χ1n) is 6.03. The van der Waals surface area contributed by atoms with E-state index in [4.69, 9.17) is 4.74 Å². The van der Waals surface area contributed by atoms with Gasteiger partial charge >= 0.3 is 0 Å². The molecule has 1 aromatic carbocycles. The van der Waals surface area contributed by atoms with Crippen molar-refractivity contribution >= 4 is 11.6 Å². The number of methoxy groups -OCH3 is 1. The molecule has 0 spiro atoms. The number of carbonyl (C=O) groups is 1. The zero-order valence-electron chi connectivity index (χ0n) is 11.0. The zero-order valence-corrected chi connectivity index (χ0v) is 11.0. The van der Waals surface area contributed by atoms with E-state index in [9.17, 15) is 13.6 Å². The SMILES string of the molecule is COCCCNC(=O)C(C)Nc1cc(F)ccc1F. The van der Waals surface area contributed by atoms with Gasteiger partial charge in [-0.2, -0.15) is 0 Å². The third-order valence-electron chi connectivity index (χ3n) is 2.52. The number of ether oxygens (including phenoxy) is 1. The summed E-state index contributed by atoms with van der Waals surface area (Å²) in [5.74, 6) is -1.43. The molecule has 0 aliphatic carbocycles. The molecule has 4 nitrogen and oxygen atoms in total. The third kappa shape index (κ3) is 5.21. The molecule has 1 aromatic rings. The molecule has 0 aliphatic rings. The van der Waals surface area contributed by atoms with Crippen LogP contribution in [0.15, 0.2) is 18.2 Å². The lowest BCUT2D eigenvalue weighted by Crippen LogP contribution is -2.38. The smallest absolute Gasteiger partial charge is 0.242 e. The first-order valence-corrected chi connectivity index (χ1v) is 6.03. The number of amides is 1. The standard InChI is InChI=1S/C13H18F2N2O2/c1-9(13(18)16-6-3-7-19-2)17-12-8-10(14)4-5-11(12)15/h4-5,8-9,17H,3,6-7H2,1-2H3,(H,16,18). The van der Waals surface area contributed by atoms with Gasteiger partial charge in [0.05, 0.1) is 5.69 Å². The summed E-state index contributed by atoms with van der Waals surface area (Å²) in [4.78, 5) is 11.7. The van der Waals surface area contributed by atoms with E-state index in [0.29, 0.717) is 19.6 Å². The quantitative estimate of drug-likeness (QED) is 0.746. The van der Waals surface area contributed by atoms with Gasteiger partial charge < -0.3 is 15.4 Å². The maximum Gasteiger partial charge on any atom is 0.242 e. The van der Waals surface area contributed by atoms with E-state index < -0.39 is 17.7 Å². The van der Waals surface area contributed by atoms with Crippen molar-refractivity contribution in [3.05, 3.63) is 29.8 Å². The molecular weight excluding hydrogens is 254 g/mol. The summed E-state index contributed by atoms with van der Waals surface area (Å²) < 4.78 is 31.2. The Morgan fingerprint density at radius 1 is 1.42 bits per heavy atom. The van der Waals surface area contributed by atoms with Gasteiger partial charge in [-0.25, -0.2) is 8.78 Å². The van der Waals surface area contributed by atoms with Gasteiger partial charge in [0.2, 0.25) is 5.91 Å². The van der Waals surface area contributed by atoms with Crippen molar-refractivity contribution in [3.63, 3.8) is 0 Å². The van der Waals surface area contributed by atoms with Crippen molar-refractivity contribution in [1.82, 2.24) is 5.32 Å². The first-order chi connectivity index (χ1) is 9.04. The van der Waals surface area contributed by atoms with Crippen molar-refractivity contribution in [2.75, 3.05) is 25.6 Å². The maximum atomic E-state index is 13.4. The molecule has 0 radical (unpaired) electrons. The van der Waals surface area contributed by atoms with Crippen LogP contribution in [0, 0.1) is 11.6 Å². The van der Waals surface area contributed by atoms with Gasteiger partial charge in [0.15, 0.2) is 0 Å². The van der Waals surface area contributed by atoms with Gasteiger partial charge in [-0.15, -0.1) is 0 Å². The highest BCUT2D eigenvalue weighted by atomic mass is 19.1. The van der Waals surface area contributed by atoms with Gasteiger partial charge in [-0.3, -0.25) is 4.79 Å². The highest BCUT2D eigenvalue weighted by Gasteiger charge is 2.14. The molecule has 0 saturated heterocycles. The van der Waals surface area contributed by atoms with Gasteiger partial charge in [-0.05, 0) is 31.5 Å². The number of hydrogen-bond acceptors (Lipinski definition) is 3. The van der Waals surface area contributed by atoms with Crippen LogP contribution in [-0.4, -0.2) is 32.2 Å². The Morgan fingerprint density at radius 2 is 2.16 bits per heavy atom. The van der Waals surface area contributed by atoms with E-state index >= 15 is 0 Å². The van der Waals surface area contributed by atoms with E-state index in [1.54, 1.807) is 14.0 Å². The molecule has 0 aliphatic heterocycles. The van der Waals surface area contributed by atoms with Crippen LogP contribution in [0.2, 0.25) is 0 Å². The Labute approximate surface area is 111 Å². The predicted molar refractivity (Wildman–Crippen MR) is 68.9 cm³/mol. The zero-order chi connectivity index (χ0) is 14.3. The maximum absolute atomic E-state index is 13.4. The second-order valence-electron chi connectivity index (χ2n) is 4.13. The van der Waals surface area contributed by atoms with E-state index in [1.807, 2.05) is 0 Å². The van der Waals surface area contributed by atoms with Crippen LogP contribution in [0.4, 0.5) is 14.5 Å². The second kappa shape index (κ2) is 7.68. The van der Waals surface area contributed by atoms with Crippen LogP contribution in [0.5, 0.6) is 0 Å². The molecule has 1 amide bonds. The van der Waals surface area contributed by atoms with Gasteiger partial charge in [0.25, 0.3) is 0 Å². The molecule has 1 rings (SSSR count). The monoisotopic (exact) mass is 272 g/mol. The average Bonchev–Trinajstić information content (AvgIpc) is 2.38. The summed E-state index contributed by atoms with van der Waals surface area (Å²) in [5.41, 5.74) is -0.0282. The minimum atomic E-state index is -0.654. The van der Waals surface area contributed by atoms with Gasteiger partial charge in [0, 0.05) is 20.3 Å². The van der Waals surface area contributed by atoms with Crippen molar-refractivity contribution in [1.29, 1.82) is 0 Å². The first kappa shape index (κ1) is 15.4. The lowest BCUT2D eigenvalue weighted by atomic mass is 10.2. The van der Waals surface area contributed by atoms with Crippen molar-refractivity contribution < 1.29 is 18.3 Å². The summed E-state index contributed by atoms with van der Waals surface area (Å²) >= 11 is 0. The molecular formula is C13H18F2N2O2. The summed E-state index contributed by atoms with van der Waals surface area (Å²) in [6.07, 6.45) is 0.698. The number of halogens is 2. The molecule has 0 saturated carbocycles. The minimum Gasteiger partial charge on any atom is -0.385 e. The van der Waals surface area contributed by atoms with Crippen molar-refractivity contribution in [2.45, 2.75) is 19.4 Å². The minimum absolute atomic E-state index is 0.0282. The molecule has 2 N–H and O–H groups in total. The Bertz CT molecular complexity index is 427. The summed E-state index contributed by atoms with van der Waals surface area (Å²) in [7, 11) is 1.58. The molecule has 106 valence electrons. The molecule has 6 heteroatoms. The fraction of sp³-hybridized carbons (Fsp3) is 0.462. The fourth-order valence-corrected chi connectivity index (χ4v) is 1.49. The molecule has 19 heavy (non-hydrogen) atoms. The van der Waals surface area contributed by atoms with Crippen molar-refractivity contribution in [3.8, 4) is 0 Å². The second-order valence-corrected chi connectivity index (χ2v) is 4.13. The molecule has 0 aromatic heterocycles. The van der Waals surface area contributed by atoms with Crippen LogP contribution in [-0.2, 0) is 9.53 Å². The number of rotatable bonds is 7. The van der Waals surface area contributed by atoms with Crippen LogP contribution >= 0.6 is 0 Å². The van der Waals surface area contributed by atoms with Gasteiger partial charge in [0.1, 0.15) is 17.7 Å². The largest absolute Gasteiger partial charge is 0.385 e. The van der Waals surface area contributed by atoms with Crippen LogP contribution < -0.4 is 10.6 Å². The highest BCUT2D eigenvalue weighted by Crippen LogP contribution is 2.16. The van der Waals surface area contributed by atoms with E-state index in [0.717, 1.165) is 18.2 Å². The normalized spacial score (nSPS) is 12.0. The lowest BCUT2D eigenvalue weighted by Gasteiger charge is -2.15. The molecule has 0 bridgehead atoms. The molecule has 1 unspecified atom stereocenters. The Kier molecular flexibility index (Phi) is 6.21. The Balaban J connectivity index is 2.47. The Hall–Kier alpha value is -1.69. The molecule has 0 fully saturated rings. The topological polar surface area (TPSA) is 50.4 Å². The van der Waals surface area contributed by atoms with Crippen molar-refractivity contribution in [2.24, 2.45) is 0 Å². The fourth-order valence-electron chi connectivity index (χ4n) is 1.49. The van der Waals surface area contributed by atoms with Gasteiger partial charge in [-0.1, -0.05) is 0 Å². The summed E-state index contributed by atoms with van der Waals surface area (Å²) in [6, 6.07) is 2.40. The number of anilines is 1. The number of hydrogen-bond donors (Lipinski definition) is 2. The lowest BCUT2D eigenvalue weighted by molar-refractivity contribution is -0.121. The van der Waals surface area contributed by atoms with E-state index in [1.165, 1.54) is 0 Å².